The van der Waals surface area contributed by atoms with Gasteiger partial charge in [-0.1, -0.05) is 11.8 Å². The molecule has 1 aliphatic heterocycles. The molecule has 0 aliphatic carbocycles. The molecule has 7 nitrogen and oxygen atoms in total. The fraction of sp³-hybridized carbons (Fsp3) is 0.222. The minimum absolute atomic E-state index is 0.0660. The number of carbonyl (C=O) groups excluding carboxylic acids is 2. The van der Waals surface area contributed by atoms with Crippen molar-refractivity contribution in [3.63, 3.8) is 0 Å². The van der Waals surface area contributed by atoms with Crippen LogP contribution in [-0.2, 0) is 14.8 Å². The molecule has 0 saturated carbocycles. The van der Waals surface area contributed by atoms with Crippen molar-refractivity contribution in [3.05, 3.63) is 48.0 Å². The van der Waals surface area contributed by atoms with Gasteiger partial charge in [-0.3, -0.25) is 14.3 Å². The molecule has 0 fully saturated rings. The second-order valence-corrected chi connectivity index (χ2v) is 8.78. The third-order valence-electron chi connectivity index (χ3n) is 3.92. The van der Waals surface area contributed by atoms with Gasteiger partial charge in [-0.25, -0.2) is 8.42 Å². The summed E-state index contributed by atoms with van der Waals surface area (Å²) in [7, 11) is -3.75. The van der Waals surface area contributed by atoms with Gasteiger partial charge >= 0.3 is 0 Å². The number of hydrogen-bond acceptors (Lipinski definition) is 7. The van der Waals surface area contributed by atoms with Gasteiger partial charge in [0.2, 0.25) is 0 Å². The number of sulfonamides is 1. The van der Waals surface area contributed by atoms with E-state index in [4.69, 9.17) is 0 Å². The summed E-state index contributed by atoms with van der Waals surface area (Å²) in [6, 6.07) is 11.0. The number of anilines is 3. The lowest BCUT2D eigenvalue weighted by atomic mass is 10.1. The number of Topliss-reactive ketones (excluding diaryl/α,β-unsaturated/α-hetero) is 1. The Labute approximate surface area is 162 Å². The molecule has 9 heteroatoms. The SMILES string of the molecule is CC(=O)SCC(=O)c1ccc(NS(=O)(=O)c2ccc3c(c2)NCCN3)cc1. The van der Waals surface area contributed by atoms with Crippen LogP contribution in [0.1, 0.15) is 17.3 Å². The first-order valence-corrected chi connectivity index (χ1v) is 10.7. The van der Waals surface area contributed by atoms with Crippen molar-refractivity contribution in [1.29, 1.82) is 0 Å². The van der Waals surface area contributed by atoms with E-state index in [0.717, 1.165) is 36.2 Å². The van der Waals surface area contributed by atoms with Gasteiger partial charge in [-0.05, 0) is 42.5 Å². The van der Waals surface area contributed by atoms with Crippen molar-refractivity contribution in [3.8, 4) is 0 Å². The zero-order valence-electron chi connectivity index (χ0n) is 14.6. The number of thioether (sulfide) groups is 1. The van der Waals surface area contributed by atoms with Crippen molar-refractivity contribution in [2.75, 3.05) is 34.2 Å². The van der Waals surface area contributed by atoms with Crippen LogP contribution in [0.5, 0.6) is 0 Å². The first-order valence-electron chi connectivity index (χ1n) is 8.26. The summed E-state index contributed by atoms with van der Waals surface area (Å²) in [6.07, 6.45) is 0. The third-order valence-corrected chi connectivity index (χ3v) is 6.11. The summed E-state index contributed by atoms with van der Waals surface area (Å²) in [6.45, 7) is 2.91. The lowest BCUT2D eigenvalue weighted by Crippen LogP contribution is -2.21. The van der Waals surface area contributed by atoms with Crippen LogP contribution in [0.15, 0.2) is 47.4 Å². The quantitative estimate of drug-likeness (QED) is 0.635. The number of hydrogen-bond donors (Lipinski definition) is 3. The molecule has 0 radical (unpaired) electrons. The van der Waals surface area contributed by atoms with Crippen LogP contribution < -0.4 is 15.4 Å². The zero-order valence-corrected chi connectivity index (χ0v) is 16.2. The molecule has 1 aliphatic rings. The summed E-state index contributed by atoms with van der Waals surface area (Å²) < 4.78 is 27.7. The first kappa shape index (κ1) is 19.2. The highest BCUT2D eigenvalue weighted by Gasteiger charge is 2.18. The summed E-state index contributed by atoms with van der Waals surface area (Å²) in [5, 5.41) is 6.23. The number of nitrogens with one attached hydrogen (secondary N) is 3. The number of carbonyl (C=O) groups is 2. The Morgan fingerprint density at radius 2 is 1.70 bits per heavy atom. The molecule has 142 valence electrons. The van der Waals surface area contributed by atoms with E-state index in [1.807, 2.05) is 0 Å². The first-order chi connectivity index (χ1) is 12.8. The van der Waals surface area contributed by atoms with Crippen LogP contribution >= 0.6 is 11.8 Å². The molecule has 2 aromatic carbocycles. The van der Waals surface area contributed by atoms with Gasteiger partial charge in [0.25, 0.3) is 10.0 Å². The highest BCUT2D eigenvalue weighted by Crippen LogP contribution is 2.28. The maximum Gasteiger partial charge on any atom is 0.261 e. The molecule has 0 amide bonds. The highest BCUT2D eigenvalue weighted by atomic mass is 32.2. The van der Waals surface area contributed by atoms with Crippen LogP contribution in [0.4, 0.5) is 17.1 Å². The van der Waals surface area contributed by atoms with Gasteiger partial charge < -0.3 is 10.6 Å². The molecular formula is C18H19N3O4S2. The largest absolute Gasteiger partial charge is 0.382 e. The highest BCUT2D eigenvalue weighted by molar-refractivity contribution is 8.14. The third kappa shape index (κ3) is 4.81. The Balaban J connectivity index is 1.72. The van der Waals surface area contributed by atoms with E-state index >= 15 is 0 Å². The van der Waals surface area contributed by atoms with Crippen LogP contribution in [0.25, 0.3) is 0 Å². The number of benzene rings is 2. The Kier molecular flexibility index (Phi) is 5.71. The fourth-order valence-electron chi connectivity index (χ4n) is 2.57. The van der Waals surface area contributed by atoms with Crippen molar-refractivity contribution in [2.24, 2.45) is 0 Å². The molecule has 0 saturated heterocycles. The maximum atomic E-state index is 12.6. The summed E-state index contributed by atoms with van der Waals surface area (Å²) in [5.41, 5.74) is 2.39. The molecule has 0 spiro atoms. The summed E-state index contributed by atoms with van der Waals surface area (Å²) in [5.74, 6) is -0.116. The second kappa shape index (κ2) is 8.01. The van der Waals surface area contributed by atoms with Gasteiger partial charge in [0.05, 0.1) is 22.0 Å². The van der Waals surface area contributed by atoms with Gasteiger partial charge in [-0.15, -0.1) is 0 Å². The number of ketones is 1. The fourth-order valence-corrected chi connectivity index (χ4v) is 4.16. The Morgan fingerprint density at radius 3 is 2.37 bits per heavy atom. The minimum atomic E-state index is -3.75. The second-order valence-electron chi connectivity index (χ2n) is 5.95. The molecule has 0 unspecified atom stereocenters. The van der Waals surface area contributed by atoms with E-state index in [1.165, 1.54) is 25.1 Å². The van der Waals surface area contributed by atoms with Crippen LogP contribution in [-0.4, -0.2) is 38.2 Å². The molecule has 3 N–H and O–H groups in total. The molecule has 0 aromatic heterocycles. The average molecular weight is 406 g/mol. The van der Waals surface area contributed by atoms with E-state index in [9.17, 15) is 18.0 Å². The maximum absolute atomic E-state index is 12.6. The molecule has 0 bridgehead atoms. The topological polar surface area (TPSA) is 104 Å². The van der Waals surface area contributed by atoms with E-state index < -0.39 is 10.0 Å². The monoisotopic (exact) mass is 405 g/mol. The smallest absolute Gasteiger partial charge is 0.261 e. The van der Waals surface area contributed by atoms with Crippen LogP contribution in [0.2, 0.25) is 0 Å². The Hall–Kier alpha value is -2.52. The number of fused-ring (bicyclic) bond motifs is 1. The molecular weight excluding hydrogens is 386 g/mol. The number of rotatable bonds is 6. The van der Waals surface area contributed by atoms with E-state index in [2.05, 4.69) is 15.4 Å². The van der Waals surface area contributed by atoms with Crippen molar-refractivity contribution >= 4 is 49.7 Å². The molecule has 1 heterocycles. The van der Waals surface area contributed by atoms with Crippen LogP contribution in [0.3, 0.4) is 0 Å². The van der Waals surface area contributed by atoms with Gasteiger partial charge in [0.1, 0.15) is 0 Å². The van der Waals surface area contributed by atoms with Gasteiger partial charge in [0.15, 0.2) is 10.9 Å². The Bertz CT molecular complexity index is 973. The molecule has 27 heavy (non-hydrogen) atoms. The summed E-state index contributed by atoms with van der Waals surface area (Å²) >= 11 is 0.946. The van der Waals surface area contributed by atoms with E-state index in [-0.39, 0.29) is 21.5 Å². The molecule has 2 aromatic rings. The average Bonchev–Trinajstić information content (AvgIpc) is 2.66. The normalized spacial score (nSPS) is 13.1. The standard InChI is InChI=1S/C18H19N3O4S2/c1-12(22)26-11-18(23)13-2-4-14(5-3-13)21-27(24,25)15-6-7-16-17(10-15)20-9-8-19-16/h2-7,10,19-21H,8-9,11H2,1H3. The van der Waals surface area contributed by atoms with Crippen molar-refractivity contribution in [1.82, 2.24) is 0 Å². The van der Waals surface area contributed by atoms with Gasteiger partial charge in [-0.2, -0.15) is 0 Å². The minimum Gasteiger partial charge on any atom is -0.382 e. The summed E-state index contributed by atoms with van der Waals surface area (Å²) in [4.78, 5) is 23.1. The van der Waals surface area contributed by atoms with Gasteiger partial charge in [0, 0.05) is 31.3 Å². The van der Waals surface area contributed by atoms with E-state index in [0.29, 0.717) is 11.3 Å². The lowest BCUT2D eigenvalue weighted by Gasteiger charge is -2.20. The lowest BCUT2D eigenvalue weighted by molar-refractivity contribution is -0.109. The van der Waals surface area contributed by atoms with Crippen molar-refractivity contribution in [2.45, 2.75) is 11.8 Å². The molecule has 3 rings (SSSR count). The van der Waals surface area contributed by atoms with Crippen LogP contribution in [0, 0.1) is 0 Å². The zero-order chi connectivity index (χ0) is 19.4. The Morgan fingerprint density at radius 1 is 1.04 bits per heavy atom. The molecule has 0 atom stereocenters. The predicted molar refractivity (Wildman–Crippen MR) is 108 cm³/mol. The predicted octanol–water partition coefficient (Wildman–Crippen LogP) is 2.79. The van der Waals surface area contributed by atoms with E-state index in [1.54, 1.807) is 24.3 Å². The van der Waals surface area contributed by atoms with Crippen molar-refractivity contribution < 1.29 is 18.0 Å².